The Kier molecular flexibility index (Phi) is 6.41. The fourth-order valence-electron chi connectivity index (χ4n) is 2.22. The van der Waals surface area contributed by atoms with Crippen LogP contribution in [0.1, 0.15) is 18.5 Å². The van der Waals surface area contributed by atoms with Gasteiger partial charge in [-0.15, -0.1) is 0 Å². The fourth-order valence-corrected chi connectivity index (χ4v) is 3.63. The van der Waals surface area contributed by atoms with Crippen molar-refractivity contribution in [2.75, 3.05) is 13.7 Å². The van der Waals surface area contributed by atoms with E-state index in [1.807, 2.05) is 37.3 Å². The molecule has 1 amide bonds. The molecule has 6 nitrogen and oxygen atoms in total. The Balaban J connectivity index is 2.02. The molecule has 0 fully saturated rings. The van der Waals surface area contributed by atoms with E-state index in [0.29, 0.717) is 0 Å². The van der Waals surface area contributed by atoms with Crippen molar-refractivity contribution in [3.63, 3.8) is 0 Å². The van der Waals surface area contributed by atoms with Crippen molar-refractivity contribution in [1.29, 1.82) is 0 Å². The molecule has 0 radical (unpaired) electrons. The molecule has 0 saturated carbocycles. The zero-order valence-corrected chi connectivity index (χ0v) is 15.4. The highest BCUT2D eigenvalue weighted by Crippen LogP contribution is 2.26. The summed E-state index contributed by atoms with van der Waals surface area (Å²) in [6.07, 6.45) is 0. The van der Waals surface area contributed by atoms with E-state index in [9.17, 15) is 13.2 Å². The first-order valence-corrected chi connectivity index (χ1v) is 9.37. The highest BCUT2D eigenvalue weighted by atomic mass is 35.5. The third-order valence-corrected chi connectivity index (χ3v) is 5.17. The summed E-state index contributed by atoms with van der Waals surface area (Å²) in [6.45, 7) is 1.43. The van der Waals surface area contributed by atoms with Gasteiger partial charge in [-0.3, -0.25) is 4.79 Å². The number of ether oxygens (including phenoxy) is 1. The smallest absolute Gasteiger partial charge is 0.244 e. The molecule has 0 spiro atoms. The number of hydrogen-bond donors (Lipinski definition) is 2. The summed E-state index contributed by atoms with van der Waals surface area (Å²) < 4.78 is 32.1. The Labute approximate surface area is 152 Å². The van der Waals surface area contributed by atoms with Crippen LogP contribution in [0, 0.1) is 0 Å². The first-order valence-electron chi connectivity index (χ1n) is 7.51. The second kappa shape index (κ2) is 8.33. The number of nitrogens with one attached hydrogen (secondary N) is 2. The van der Waals surface area contributed by atoms with Crippen LogP contribution in [0.2, 0.25) is 5.02 Å². The lowest BCUT2D eigenvalue weighted by Crippen LogP contribution is -2.38. The summed E-state index contributed by atoms with van der Waals surface area (Å²) in [7, 11) is -2.58. The van der Waals surface area contributed by atoms with Gasteiger partial charge >= 0.3 is 0 Å². The zero-order chi connectivity index (χ0) is 18.4. The minimum atomic E-state index is -3.94. The van der Waals surface area contributed by atoms with E-state index in [1.165, 1.54) is 25.3 Å². The van der Waals surface area contributed by atoms with E-state index in [1.54, 1.807) is 0 Å². The molecule has 0 heterocycles. The van der Waals surface area contributed by atoms with Crippen molar-refractivity contribution in [1.82, 2.24) is 10.0 Å². The number of halogens is 1. The maximum atomic E-state index is 12.4. The van der Waals surface area contributed by atoms with Gasteiger partial charge in [-0.2, -0.15) is 0 Å². The Morgan fingerprint density at radius 1 is 1.20 bits per heavy atom. The molecule has 2 rings (SSSR count). The molecule has 0 aliphatic heterocycles. The minimum absolute atomic E-state index is 0.119. The molecule has 1 unspecified atom stereocenters. The molecule has 25 heavy (non-hydrogen) atoms. The number of benzene rings is 2. The molecule has 8 heteroatoms. The Bertz CT molecular complexity index is 841. The summed E-state index contributed by atoms with van der Waals surface area (Å²) in [5, 5.41) is 2.99. The summed E-state index contributed by atoms with van der Waals surface area (Å²) in [5.74, 6) is -0.295. The number of methoxy groups -OCH3 is 1. The molecule has 0 saturated heterocycles. The average Bonchev–Trinajstić information content (AvgIpc) is 2.61. The number of carbonyl (C=O) groups excluding carboxylic acids is 1. The predicted molar refractivity (Wildman–Crippen MR) is 96.2 cm³/mol. The van der Waals surface area contributed by atoms with Gasteiger partial charge in [0, 0.05) is 5.02 Å². The summed E-state index contributed by atoms with van der Waals surface area (Å²) >= 11 is 5.85. The van der Waals surface area contributed by atoms with Crippen LogP contribution in [0.15, 0.2) is 53.4 Å². The van der Waals surface area contributed by atoms with E-state index < -0.39 is 22.5 Å². The van der Waals surface area contributed by atoms with E-state index in [-0.39, 0.29) is 21.7 Å². The van der Waals surface area contributed by atoms with Gasteiger partial charge in [0.15, 0.2) is 0 Å². The third kappa shape index (κ3) is 5.19. The highest BCUT2D eigenvalue weighted by molar-refractivity contribution is 7.89. The molecule has 2 N–H and O–H groups in total. The van der Waals surface area contributed by atoms with Gasteiger partial charge in [-0.25, -0.2) is 13.1 Å². The van der Waals surface area contributed by atoms with E-state index in [0.717, 1.165) is 5.56 Å². The summed E-state index contributed by atoms with van der Waals surface area (Å²) in [5.41, 5.74) is 0.926. The third-order valence-electron chi connectivity index (χ3n) is 3.52. The number of rotatable bonds is 7. The van der Waals surface area contributed by atoms with Crippen molar-refractivity contribution in [3.8, 4) is 5.75 Å². The average molecular weight is 383 g/mol. The molecule has 0 aromatic heterocycles. The maximum absolute atomic E-state index is 12.4. The number of hydrogen-bond acceptors (Lipinski definition) is 4. The fraction of sp³-hybridized carbons (Fsp3) is 0.235. The lowest BCUT2D eigenvalue weighted by Gasteiger charge is -2.15. The van der Waals surface area contributed by atoms with Gasteiger partial charge in [0.25, 0.3) is 0 Å². The molecule has 134 valence electrons. The SMILES string of the molecule is COc1ccc(Cl)cc1S(=O)(=O)NCC(=O)NC(C)c1ccccc1. The van der Waals surface area contributed by atoms with E-state index >= 15 is 0 Å². The number of carbonyl (C=O) groups is 1. The van der Waals surface area contributed by atoms with Gasteiger partial charge < -0.3 is 10.1 Å². The quantitative estimate of drug-likeness (QED) is 0.770. The van der Waals surface area contributed by atoms with E-state index in [2.05, 4.69) is 10.0 Å². The second-order valence-corrected chi connectivity index (χ2v) is 7.49. The molecule has 2 aromatic carbocycles. The predicted octanol–water partition coefficient (Wildman–Crippen LogP) is 2.50. The largest absolute Gasteiger partial charge is 0.495 e. The van der Waals surface area contributed by atoms with Crippen LogP contribution in [-0.2, 0) is 14.8 Å². The van der Waals surface area contributed by atoms with Gasteiger partial charge in [0.2, 0.25) is 15.9 Å². The van der Waals surface area contributed by atoms with Crippen molar-refractivity contribution in [3.05, 3.63) is 59.1 Å². The lowest BCUT2D eigenvalue weighted by atomic mass is 10.1. The van der Waals surface area contributed by atoms with Crippen molar-refractivity contribution in [2.45, 2.75) is 17.9 Å². The van der Waals surface area contributed by atoms with Crippen LogP contribution in [0.4, 0.5) is 0 Å². The first kappa shape index (κ1) is 19.2. The van der Waals surface area contributed by atoms with E-state index in [4.69, 9.17) is 16.3 Å². The maximum Gasteiger partial charge on any atom is 0.244 e. The minimum Gasteiger partial charge on any atom is -0.495 e. The van der Waals surface area contributed by atoms with Gasteiger partial charge in [-0.05, 0) is 30.7 Å². The van der Waals surface area contributed by atoms with Crippen LogP contribution in [0.5, 0.6) is 5.75 Å². The molecule has 2 aromatic rings. The van der Waals surface area contributed by atoms with Crippen LogP contribution < -0.4 is 14.8 Å². The Morgan fingerprint density at radius 3 is 2.52 bits per heavy atom. The van der Waals surface area contributed by atoms with Gasteiger partial charge in [-0.1, -0.05) is 41.9 Å². The molecule has 1 atom stereocenters. The Hall–Kier alpha value is -2.09. The molecular weight excluding hydrogens is 364 g/mol. The van der Waals surface area contributed by atoms with Crippen molar-refractivity contribution < 1.29 is 17.9 Å². The summed E-state index contributed by atoms with van der Waals surface area (Å²) in [4.78, 5) is 11.9. The topological polar surface area (TPSA) is 84.5 Å². The van der Waals surface area contributed by atoms with Crippen molar-refractivity contribution in [2.24, 2.45) is 0 Å². The van der Waals surface area contributed by atoms with Crippen molar-refractivity contribution >= 4 is 27.5 Å². The second-order valence-electron chi connectivity index (χ2n) is 5.32. The monoisotopic (exact) mass is 382 g/mol. The van der Waals surface area contributed by atoms with Crippen LogP contribution in [0.3, 0.4) is 0 Å². The lowest BCUT2D eigenvalue weighted by molar-refractivity contribution is -0.120. The standard InChI is InChI=1S/C17H19ClN2O4S/c1-12(13-6-4-3-5-7-13)20-17(21)11-19-25(22,23)16-10-14(18)8-9-15(16)24-2/h3-10,12,19H,11H2,1-2H3,(H,20,21). The Morgan fingerprint density at radius 2 is 1.88 bits per heavy atom. The highest BCUT2D eigenvalue weighted by Gasteiger charge is 2.21. The molecule has 0 bridgehead atoms. The van der Waals surface area contributed by atoms with Crippen LogP contribution in [0.25, 0.3) is 0 Å². The first-order chi connectivity index (χ1) is 11.8. The molecule has 0 aliphatic rings. The molecular formula is C17H19ClN2O4S. The molecule has 0 aliphatic carbocycles. The van der Waals surface area contributed by atoms with Crippen LogP contribution >= 0.6 is 11.6 Å². The van der Waals surface area contributed by atoms with Crippen LogP contribution in [-0.4, -0.2) is 28.0 Å². The van der Waals surface area contributed by atoms with Gasteiger partial charge in [0.05, 0.1) is 19.7 Å². The normalized spacial score (nSPS) is 12.4. The number of amides is 1. The van der Waals surface area contributed by atoms with Gasteiger partial charge in [0.1, 0.15) is 10.6 Å². The summed E-state index contributed by atoms with van der Waals surface area (Å²) in [6, 6.07) is 13.4. The zero-order valence-electron chi connectivity index (χ0n) is 13.8. The number of sulfonamides is 1.